The quantitative estimate of drug-likeness (QED) is 0.739. The molecule has 2 aliphatic rings. The van der Waals surface area contributed by atoms with E-state index >= 15 is 0 Å². The largest absolute Gasteiger partial charge is 0.320 e. The first kappa shape index (κ1) is 15.3. The third-order valence-electron chi connectivity index (χ3n) is 5.06. The minimum absolute atomic E-state index is 0.980. The number of piperidine rings is 2. The first-order valence-electron chi connectivity index (χ1n) is 8.46. The second-order valence-corrected chi connectivity index (χ2v) is 6.51. The van der Waals surface area contributed by atoms with E-state index in [2.05, 4.69) is 22.6 Å². The SMILES string of the molecule is CNCCC1CCN(CCCC2CCNCC2)CC1. The molecule has 2 heterocycles. The van der Waals surface area contributed by atoms with Gasteiger partial charge < -0.3 is 15.5 Å². The Morgan fingerprint density at radius 1 is 1.00 bits per heavy atom. The molecule has 19 heavy (non-hydrogen) atoms. The molecule has 2 saturated heterocycles. The summed E-state index contributed by atoms with van der Waals surface area (Å²) in [6.45, 7) is 7.74. The van der Waals surface area contributed by atoms with E-state index < -0.39 is 0 Å². The molecular formula is C16H33N3. The monoisotopic (exact) mass is 267 g/mol. The van der Waals surface area contributed by atoms with E-state index in [0.717, 1.165) is 11.8 Å². The number of hydrogen-bond acceptors (Lipinski definition) is 3. The number of hydrogen-bond donors (Lipinski definition) is 2. The lowest BCUT2D eigenvalue weighted by atomic mass is 9.91. The molecule has 0 aliphatic carbocycles. The van der Waals surface area contributed by atoms with Crippen LogP contribution < -0.4 is 10.6 Å². The Morgan fingerprint density at radius 3 is 2.37 bits per heavy atom. The third-order valence-corrected chi connectivity index (χ3v) is 5.06. The van der Waals surface area contributed by atoms with Crippen LogP contribution in [0.3, 0.4) is 0 Å². The van der Waals surface area contributed by atoms with Crippen LogP contribution in [0.5, 0.6) is 0 Å². The molecule has 0 saturated carbocycles. The van der Waals surface area contributed by atoms with E-state index in [1.807, 2.05) is 0 Å². The zero-order chi connectivity index (χ0) is 13.3. The molecule has 2 fully saturated rings. The van der Waals surface area contributed by atoms with Gasteiger partial charge in [0.05, 0.1) is 0 Å². The van der Waals surface area contributed by atoms with Crippen molar-refractivity contribution in [3.8, 4) is 0 Å². The molecule has 2 N–H and O–H groups in total. The topological polar surface area (TPSA) is 27.3 Å². The Bertz CT molecular complexity index is 218. The molecule has 0 spiro atoms. The van der Waals surface area contributed by atoms with E-state index in [1.165, 1.54) is 84.2 Å². The highest BCUT2D eigenvalue weighted by Gasteiger charge is 2.19. The summed E-state index contributed by atoms with van der Waals surface area (Å²) in [5.74, 6) is 1.99. The van der Waals surface area contributed by atoms with Crippen LogP contribution >= 0.6 is 0 Å². The van der Waals surface area contributed by atoms with Gasteiger partial charge in [0.15, 0.2) is 0 Å². The van der Waals surface area contributed by atoms with Crippen molar-refractivity contribution >= 4 is 0 Å². The lowest BCUT2D eigenvalue weighted by Gasteiger charge is -2.32. The second kappa shape index (κ2) is 8.93. The fraction of sp³-hybridized carbons (Fsp3) is 1.00. The van der Waals surface area contributed by atoms with Crippen LogP contribution in [0, 0.1) is 11.8 Å². The molecule has 2 aliphatic heterocycles. The summed E-state index contributed by atoms with van der Waals surface area (Å²) >= 11 is 0. The molecular weight excluding hydrogens is 234 g/mol. The van der Waals surface area contributed by atoms with Crippen molar-refractivity contribution in [1.82, 2.24) is 15.5 Å². The van der Waals surface area contributed by atoms with Gasteiger partial charge in [-0.15, -0.1) is 0 Å². The van der Waals surface area contributed by atoms with Gasteiger partial charge in [-0.05, 0) is 103 Å². The summed E-state index contributed by atoms with van der Waals surface area (Å²) in [6, 6.07) is 0. The van der Waals surface area contributed by atoms with Gasteiger partial charge in [0.1, 0.15) is 0 Å². The van der Waals surface area contributed by atoms with E-state index in [-0.39, 0.29) is 0 Å². The van der Waals surface area contributed by atoms with Crippen molar-refractivity contribution in [3.05, 3.63) is 0 Å². The van der Waals surface area contributed by atoms with Crippen LogP contribution in [0.15, 0.2) is 0 Å². The Hall–Kier alpha value is -0.120. The number of nitrogens with one attached hydrogen (secondary N) is 2. The van der Waals surface area contributed by atoms with Gasteiger partial charge in [-0.2, -0.15) is 0 Å². The molecule has 0 amide bonds. The second-order valence-electron chi connectivity index (χ2n) is 6.51. The Balaban J connectivity index is 1.50. The van der Waals surface area contributed by atoms with Crippen LogP contribution in [0.25, 0.3) is 0 Å². The minimum atomic E-state index is 0.980. The normalized spacial score (nSPS) is 23.8. The van der Waals surface area contributed by atoms with E-state index in [9.17, 15) is 0 Å². The maximum atomic E-state index is 3.46. The molecule has 0 aromatic carbocycles. The van der Waals surface area contributed by atoms with Crippen molar-refractivity contribution < 1.29 is 0 Å². The summed E-state index contributed by atoms with van der Waals surface area (Å²) < 4.78 is 0. The van der Waals surface area contributed by atoms with Crippen LogP contribution in [-0.4, -0.2) is 51.2 Å². The fourth-order valence-electron chi connectivity index (χ4n) is 3.62. The first-order chi connectivity index (χ1) is 9.38. The van der Waals surface area contributed by atoms with Crippen LogP contribution in [-0.2, 0) is 0 Å². The van der Waals surface area contributed by atoms with Crippen LogP contribution in [0.1, 0.15) is 44.9 Å². The average Bonchev–Trinajstić information content (AvgIpc) is 2.47. The molecule has 3 nitrogen and oxygen atoms in total. The Labute approximate surface area is 119 Å². The Kier molecular flexibility index (Phi) is 7.18. The van der Waals surface area contributed by atoms with Gasteiger partial charge in [0, 0.05) is 0 Å². The minimum Gasteiger partial charge on any atom is -0.320 e. The van der Waals surface area contributed by atoms with E-state index in [1.54, 1.807) is 0 Å². The zero-order valence-electron chi connectivity index (χ0n) is 12.8. The van der Waals surface area contributed by atoms with Crippen molar-refractivity contribution in [3.63, 3.8) is 0 Å². The number of rotatable bonds is 7. The van der Waals surface area contributed by atoms with Gasteiger partial charge in [-0.1, -0.05) is 0 Å². The van der Waals surface area contributed by atoms with Crippen molar-refractivity contribution in [1.29, 1.82) is 0 Å². The summed E-state index contributed by atoms with van der Waals surface area (Å²) in [6.07, 6.45) is 9.93. The van der Waals surface area contributed by atoms with E-state index in [0.29, 0.717) is 0 Å². The zero-order valence-corrected chi connectivity index (χ0v) is 12.8. The maximum absolute atomic E-state index is 3.46. The molecule has 3 heteroatoms. The predicted octanol–water partition coefficient (Wildman–Crippen LogP) is 2.09. The summed E-state index contributed by atoms with van der Waals surface area (Å²) in [4.78, 5) is 2.71. The van der Waals surface area contributed by atoms with Crippen LogP contribution in [0.4, 0.5) is 0 Å². The van der Waals surface area contributed by atoms with Crippen LogP contribution in [0.2, 0.25) is 0 Å². The maximum Gasteiger partial charge on any atom is -0.00161 e. The highest BCUT2D eigenvalue weighted by atomic mass is 15.1. The van der Waals surface area contributed by atoms with Gasteiger partial charge in [-0.25, -0.2) is 0 Å². The number of likely N-dealkylation sites (tertiary alicyclic amines) is 1. The highest BCUT2D eigenvalue weighted by molar-refractivity contribution is 4.74. The third kappa shape index (κ3) is 5.80. The van der Waals surface area contributed by atoms with Gasteiger partial charge in [-0.3, -0.25) is 0 Å². The Morgan fingerprint density at radius 2 is 1.68 bits per heavy atom. The molecule has 0 radical (unpaired) electrons. The highest BCUT2D eigenvalue weighted by Crippen LogP contribution is 2.22. The summed E-state index contributed by atoms with van der Waals surface area (Å²) in [7, 11) is 2.07. The molecule has 2 rings (SSSR count). The predicted molar refractivity (Wildman–Crippen MR) is 82.5 cm³/mol. The fourth-order valence-corrected chi connectivity index (χ4v) is 3.62. The molecule has 0 aromatic heterocycles. The molecule has 112 valence electrons. The standard InChI is InChI=1S/C16H33N3/c1-17-9-4-16-7-13-19(14-8-16)12-2-3-15-5-10-18-11-6-15/h15-18H,2-14H2,1H3. The van der Waals surface area contributed by atoms with Crippen molar-refractivity contribution in [2.24, 2.45) is 11.8 Å². The number of nitrogens with zero attached hydrogens (tertiary/aromatic N) is 1. The first-order valence-corrected chi connectivity index (χ1v) is 8.46. The smallest absolute Gasteiger partial charge is 0.00161 e. The molecule has 0 aromatic rings. The summed E-state index contributed by atoms with van der Waals surface area (Å²) in [5, 5.41) is 6.74. The van der Waals surface area contributed by atoms with Gasteiger partial charge in [0.25, 0.3) is 0 Å². The van der Waals surface area contributed by atoms with Crippen molar-refractivity contribution in [2.45, 2.75) is 44.9 Å². The molecule has 0 atom stereocenters. The lowest BCUT2D eigenvalue weighted by Crippen LogP contribution is -2.35. The molecule has 0 unspecified atom stereocenters. The van der Waals surface area contributed by atoms with Gasteiger partial charge in [0.2, 0.25) is 0 Å². The van der Waals surface area contributed by atoms with Crippen molar-refractivity contribution in [2.75, 3.05) is 46.3 Å². The molecule has 0 bridgehead atoms. The average molecular weight is 267 g/mol. The summed E-state index contributed by atoms with van der Waals surface area (Å²) in [5.41, 5.74) is 0. The van der Waals surface area contributed by atoms with Gasteiger partial charge >= 0.3 is 0 Å². The lowest BCUT2D eigenvalue weighted by molar-refractivity contribution is 0.172. The van der Waals surface area contributed by atoms with E-state index in [4.69, 9.17) is 0 Å².